The van der Waals surface area contributed by atoms with Crippen LogP contribution in [-0.4, -0.2) is 59.9 Å². The molecule has 0 aromatic carbocycles. The molecule has 17 heavy (non-hydrogen) atoms. The number of aliphatic hydroxyl groups excluding tert-OH is 1. The van der Waals surface area contributed by atoms with E-state index in [1.807, 2.05) is 0 Å². The molecular weight excluding hydrogens is 254 g/mol. The first-order valence-electron chi connectivity index (χ1n) is 4.95. The highest BCUT2D eigenvalue weighted by molar-refractivity contribution is 6.24. The zero-order chi connectivity index (χ0) is 13.9. The first-order valence-corrected chi connectivity index (χ1v) is 5.33. The van der Waals surface area contributed by atoms with Crippen molar-refractivity contribution in [2.45, 2.75) is 48.5 Å². The number of alkyl halides is 1. The summed E-state index contributed by atoms with van der Waals surface area (Å²) in [6, 6.07) is 0. The Balaban J connectivity index is 3.46. The van der Waals surface area contributed by atoms with E-state index in [1.165, 1.54) is 0 Å². The molecule has 1 rings (SSSR count). The van der Waals surface area contributed by atoms with E-state index in [4.69, 9.17) is 27.2 Å². The topological polar surface area (TPSA) is 136 Å². The minimum Gasteiger partial charge on any atom is -0.392 e. The Morgan fingerprint density at radius 1 is 1.00 bits per heavy atom. The van der Waals surface area contributed by atoms with Crippen LogP contribution in [0.15, 0.2) is 0 Å². The summed E-state index contributed by atoms with van der Waals surface area (Å²) in [5.74, 6) is -2.75. The van der Waals surface area contributed by atoms with Crippen molar-refractivity contribution in [1.82, 2.24) is 0 Å². The van der Waals surface area contributed by atoms with Crippen LogP contribution in [0.4, 0.5) is 0 Å². The molecule has 1 aliphatic heterocycles. The molecule has 0 radical (unpaired) electrons. The van der Waals surface area contributed by atoms with Gasteiger partial charge >= 0.3 is 0 Å². The van der Waals surface area contributed by atoms with Crippen molar-refractivity contribution >= 4 is 11.6 Å². The maximum Gasteiger partial charge on any atom is 0.257 e. The van der Waals surface area contributed by atoms with Crippen molar-refractivity contribution in [2.24, 2.45) is 5.73 Å². The van der Waals surface area contributed by atoms with Gasteiger partial charge in [-0.25, -0.2) is 0 Å². The number of aliphatic hydroxyl groups is 5. The van der Waals surface area contributed by atoms with Crippen molar-refractivity contribution in [2.75, 3.05) is 6.61 Å². The molecule has 1 aliphatic rings. The summed E-state index contributed by atoms with van der Waals surface area (Å²) in [5, 5.41) is 47.1. The second-order valence-corrected chi connectivity index (χ2v) is 5.51. The average molecular weight is 272 g/mol. The van der Waals surface area contributed by atoms with Gasteiger partial charge in [0.2, 0.25) is 0 Å². The van der Waals surface area contributed by atoms with Gasteiger partial charge in [-0.1, -0.05) is 11.6 Å². The first kappa shape index (κ1) is 15.1. The molecule has 0 aliphatic carbocycles. The molecular formula is C9H18ClNO6. The normalized spacial score (nSPS) is 60.4. The Morgan fingerprint density at radius 3 is 1.76 bits per heavy atom. The first-order chi connectivity index (χ1) is 7.27. The lowest BCUT2D eigenvalue weighted by Gasteiger charge is -2.62. The monoisotopic (exact) mass is 271 g/mol. The van der Waals surface area contributed by atoms with Crippen molar-refractivity contribution in [3.63, 3.8) is 0 Å². The van der Waals surface area contributed by atoms with Crippen LogP contribution in [0.5, 0.6) is 0 Å². The zero-order valence-corrected chi connectivity index (χ0v) is 10.6. The Morgan fingerprint density at radius 2 is 1.41 bits per heavy atom. The predicted molar refractivity (Wildman–Crippen MR) is 57.8 cm³/mol. The smallest absolute Gasteiger partial charge is 0.257 e. The molecule has 1 saturated heterocycles. The summed E-state index contributed by atoms with van der Waals surface area (Å²) in [4.78, 5) is 0. The van der Waals surface area contributed by atoms with Crippen LogP contribution >= 0.6 is 11.6 Å². The summed E-state index contributed by atoms with van der Waals surface area (Å²) in [5.41, 5.74) is -1.71. The molecule has 7 nitrogen and oxygen atoms in total. The van der Waals surface area contributed by atoms with E-state index in [2.05, 4.69) is 0 Å². The van der Waals surface area contributed by atoms with Crippen molar-refractivity contribution in [3.8, 4) is 0 Å². The van der Waals surface area contributed by atoms with E-state index in [-0.39, 0.29) is 0 Å². The summed E-state index contributed by atoms with van der Waals surface area (Å²) in [6.07, 6.45) is 0. The standard InChI is InChI=1S/C9H18ClNO6/c1-5(13)6(2,14)8(10,4-12)17-9(11,16)7(5,3)15/h12-16H,4,11H2,1-3H3/t5-,6+,7-,8+,9?/m1/s1. The molecule has 102 valence electrons. The van der Waals surface area contributed by atoms with Crippen LogP contribution in [0.3, 0.4) is 0 Å². The van der Waals surface area contributed by atoms with Crippen molar-refractivity contribution in [3.05, 3.63) is 0 Å². The summed E-state index contributed by atoms with van der Waals surface area (Å²) < 4.78 is 4.77. The Hall–Kier alpha value is 0.01000. The van der Waals surface area contributed by atoms with Gasteiger partial charge in [0.25, 0.3) is 5.91 Å². The molecule has 0 aromatic heterocycles. The highest BCUT2D eigenvalue weighted by Gasteiger charge is 2.75. The van der Waals surface area contributed by atoms with Crippen LogP contribution < -0.4 is 5.73 Å². The van der Waals surface area contributed by atoms with Gasteiger partial charge < -0.3 is 30.3 Å². The number of nitrogens with two attached hydrogens (primary N) is 1. The minimum atomic E-state index is -2.75. The Bertz CT molecular complexity index is 329. The predicted octanol–water partition coefficient (Wildman–Crippen LogP) is -2.20. The van der Waals surface area contributed by atoms with Gasteiger partial charge in [0, 0.05) is 0 Å². The third kappa shape index (κ3) is 1.55. The molecule has 7 N–H and O–H groups in total. The number of ether oxygens (including phenoxy) is 1. The highest BCUT2D eigenvalue weighted by Crippen LogP contribution is 2.52. The molecule has 5 atom stereocenters. The van der Waals surface area contributed by atoms with Gasteiger partial charge in [0.1, 0.15) is 11.2 Å². The lowest BCUT2D eigenvalue weighted by molar-refractivity contribution is -0.439. The largest absolute Gasteiger partial charge is 0.392 e. The molecule has 0 amide bonds. The van der Waals surface area contributed by atoms with Gasteiger partial charge in [0.05, 0.1) is 6.61 Å². The fraction of sp³-hybridized carbons (Fsp3) is 1.00. The van der Waals surface area contributed by atoms with Gasteiger partial charge in [-0.15, -0.1) is 0 Å². The maximum atomic E-state index is 10.2. The third-order valence-electron chi connectivity index (χ3n) is 3.84. The SMILES string of the molecule is C[C@]1(O)[C@@](C)(O)[C@@](C)(O)C(N)(O)O[C@@]1(Cl)CO. The van der Waals surface area contributed by atoms with Gasteiger partial charge in [-0.2, -0.15) is 0 Å². The van der Waals surface area contributed by atoms with Crippen molar-refractivity contribution in [1.29, 1.82) is 0 Å². The number of rotatable bonds is 1. The quantitative estimate of drug-likeness (QED) is 0.235. The molecule has 0 bridgehead atoms. The van der Waals surface area contributed by atoms with E-state index in [1.54, 1.807) is 0 Å². The summed E-state index contributed by atoms with van der Waals surface area (Å²) >= 11 is 5.81. The van der Waals surface area contributed by atoms with Crippen LogP contribution in [0, 0.1) is 0 Å². The number of hydrogen-bond acceptors (Lipinski definition) is 7. The van der Waals surface area contributed by atoms with Gasteiger partial charge in [0.15, 0.2) is 10.7 Å². The molecule has 1 unspecified atom stereocenters. The number of hydrogen-bond donors (Lipinski definition) is 6. The molecule has 1 fully saturated rings. The van der Waals surface area contributed by atoms with Crippen LogP contribution in [0.2, 0.25) is 0 Å². The zero-order valence-electron chi connectivity index (χ0n) is 9.81. The maximum absolute atomic E-state index is 10.2. The van der Waals surface area contributed by atoms with E-state index >= 15 is 0 Å². The fourth-order valence-electron chi connectivity index (χ4n) is 1.82. The van der Waals surface area contributed by atoms with Crippen LogP contribution in [0.1, 0.15) is 20.8 Å². The Kier molecular flexibility index (Phi) is 3.12. The van der Waals surface area contributed by atoms with E-state index < -0.39 is 34.4 Å². The molecule has 8 heteroatoms. The molecule has 0 spiro atoms. The molecule has 0 aromatic rings. The highest BCUT2D eigenvalue weighted by atomic mass is 35.5. The lowest BCUT2D eigenvalue weighted by Crippen LogP contribution is -2.86. The average Bonchev–Trinajstić information content (AvgIpc) is 2.14. The molecule has 1 heterocycles. The second-order valence-electron chi connectivity index (χ2n) is 4.90. The third-order valence-corrected chi connectivity index (χ3v) is 4.41. The lowest BCUT2D eigenvalue weighted by atomic mass is 9.66. The summed E-state index contributed by atoms with van der Waals surface area (Å²) in [7, 11) is 0. The van der Waals surface area contributed by atoms with Gasteiger partial charge in [-0.3, -0.25) is 5.73 Å². The number of halogens is 1. The second kappa shape index (κ2) is 3.52. The van der Waals surface area contributed by atoms with E-state index in [0.717, 1.165) is 20.8 Å². The summed E-state index contributed by atoms with van der Waals surface area (Å²) in [6.45, 7) is 2.13. The van der Waals surface area contributed by atoms with E-state index in [9.17, 15) is 20.4 Å². The van der Waals surface area contributed by atoms with Crippen molar-refractivity contribution < 1.29 is 30.3 Å². The Labute approximate surface area is 103 Å². The fourth-order valence-corrected chi connectivity index (χ4v) is 2.12. The van der Waals surface area contributed by atoms with Gasteiger partial charge in [-0.05, 0) is 20.8 Å². The van der Waals surface area contributed by atoms with E-state index in [0.29, 0.717) is 0 Å². The minimum absolute atomic E-state index is 0.937. The van der Waals surface area contributed by atoms with Crippen LogP contribution in [0.25, 0.3) is 0 Å². The van der Waals surface area contributed by atoms with Crippen LogP contribution in [-0.2, 0) is 4.74 Å². The molecule has 0 saturated carbocycles.